The quantitative estimate of drug-likeness (QED) is 0.617. The first kappa shape index (κ1) is 18.4. The van der Waals surface area contributed by atoms with Crippen LogP contribution in [0.25, 0.3) is 11.1 Å². The van der Waals surface area contributed by atoms with Crippen LogP contribution < -0.4 is 14.8 Å². The van der Waals surface area contributed by atoms with E-state index >= 15 is 0 Å². The lowest BCUT2D eigenvalue weighted by atomic mass is 10.2. The number of thioether (sulfide) groups is 1. The van der Waals surface area contributed by atoms with Crippen molar-refractivity contribution in [1.29, 1.82) is 0 Å². The number of anilines is 1. The number of ether oxygens (including phenoxy) is 2. The molecule has 136 valence electrons. The Kier molecular flexibility index (Phi) is 5.58. The predicted molar refractivity (Wildman–Crippen MR) is 103 cm³/mol. The number of rotatable bonds is 6. The van der Waals surface area contributed by atoms with Gasteiger partial charge in [0, 0.05) is 16.8 Å². The normalized spacial score (nSPS) is 12.0. The summed E-state index contributed by atoms with van der Waals surface area (Å²) in [6.45, 7) is 1.78. The van der Waals surface area contributed by atoms with Gasteiger partial charge >= 0.3 is 0 Å². The summed E-state index contributed by atoms with van der Waals surface area (Å²) in [6, 6.07) is 10.4. The van der Waals surface area contributed by atoms with Gasteiger partial charge in [0.25, 0.3) is 5.22 Å². The van der Waals surface area contributed by atoms with Gasteiger partial charge in [-0.15, -0.1) is 0 Å². The van der Waals surface area contributed by atoms with Crippen molar-refractivity contribution in [3.05, 3.63) is 41.4 Å². The van der Waals surface area contributed by atoms with Gasteiger partial charge in [0.1, 0.15) is 5.52 Å². The molecular weight excluding hydrogens is 376 g/mol. The highest BCUT2D eigenvalue weighted by Gasteiger charge is 2.19. The summed E-state index contributed by atoms with van der Waals surface area (Å²) in [5.74, 6) is 0.960. The first-order chi connectivity index (χ1) is 12.5. The predicted octanol–water partition coefficient (Wildman–Crippen LogP) is 4.62. The van der Waals surface area contributed by atoms with Crippen molar-refractivity contribution in [2.45, 2.75) is 17.4 Å². The number of nitrogens with one attached hydrogen (secondary N) is 1. The Bertz CT molecular complexity index is 944. The van der Waals surface area contributed by atoms with Gasteiger partial charge in [0.05, 0.1) is 19.5 Å². The van der Waals surface area contributed by atoms with E-state index in [2.05, 4.69) is 10.3 Å². The zero-order valence-electron chi connectivity index (χ0n) is 14.4. The highest BCUT2D eigenvalue weighted by molar-refractivity contribution is 8.00. The molecule has 1 atom stereocenters. The van der Waals surface area contributed by atoms with Crippen molar-refractivity contribution < 1.29 is 18.7 Å². The van der Waals surface area contributed by atoms with E-state index in [0.29, 0.717) is 38.5 Å². The van der Waals surface area contributed by atoms with Crippen LogP contribution in [0.15, 0.2) is 46.0 Å². The summed E-state index contributed by atoms with van der Waals surface area (Å²) in [7, 11) is 3.10. The number of amides is 1. The second-order valence-corrected chi connectivity index (χ2v) is 7.14. The maximum atomic E-state index is 12.4. The van der Waals surface area contributed by atoms with Gasteiger partial charge in [-0.1, -0.05) is 23.4 Å². The summed E-state index contributed by atoms with van der Waals surface area (Å²) >= 11 is 7.18. The summed E-state index contributed by atoms with van der Waals surface area (Å²) in [6.07, 6.45) is 0. The van der Waals surface area contributed by atoms with Gasteiger partial charge in [-0.3, -0.25) is 4.79 Å². The van der Waals surface area contributed by atoms with Gasteiger partial charge in [0.15, 0.2) is 17.1 Å². The van der Waals surface area contributed by atoms with Gasteiger partial charge in [-0.2, -0.15) is 0 Å². The average Bonchev–Trinajstić information content (AvgIpc) is 3.02. The van der Waals surface area contributed by atoms with Crippen molar-refractivity contribution in [2.24, 2.45) is 0 Å². The SMILES string of the molecule is COc1ccc(NC(=O)C(C)Sc2nc3cc(Cl)ccc3o2)cc1OC. The number of halogens is 1. The van der Waals surface area contributed by atoms with Crippen LogP contribution in [0.5, 0.6) is 11.5 Å². The molecule has 0 fully saturated rings. The fourth-order valence-electron chi connectivity index (χ4n) is 2.29. The molecule has 0 spiro atoms. The van der Waals surface area contributed by atoms with E-state index in [9.17, 15) is 4.79 Å². The Morgan fingerprint density at radius 3 is 2.69 bits per heavy atom. The van der Waals surface area contributed by atoms with E-state index < -0.39 is 5.25 Å². The number of carbonyl (C=O) groups excluding carboxylic acids is 1. The molecule has 26 heavy (non-hydrogen) atoms. The maximum absolute atomic E-state index is 12.4. The van der Waals surface area contributed by atoms with E-state index in [1.165, 1.54) is 11.8 Å². The number of fused-ring (bicyclic) bond motifs is 1. The molecule has 3 aromatic rings. The van der Waals surface area contributed by atoms with Crippen molar-refractivity contribution in [3.8, 4) is 11.5 Å². The molecule has 1 N–H and O–H groups in total. The standard InChI is InChI=1S/C18H17ClN2O4S/c1-10(26-18-21-13-8-11(19)4-6-14(13)25-18)17(22)20-12-5-7-15(23-2)16(9-12)24-3/h4-10H,1-3H3,(H,20,22). The molecule has 0 aliphatic rings. The average molecular weight is 393 g/mol. The first-order valence-corrected chi connectivity index (χ1v) is 9.01. The number of hydrogen-bond acceptors (Lipinski definition) is 6. The molecule has 1 aromatic heterocycles. The van der Waals surface area contributed by atoms with Crippen LogP contribution >= 0.6 is 23.4 Å². The highest BCUT2D eigenvalue weighted by Crippen LogP contribution is 2.31. The van der Waals surface area contributed by atoms with Crippen LogP contribution in [-0.4, -0.2) is 30.4 Å². The lowest BCUT2D eigenvalue weighted by Crippen LogP contribution is -2.22. The molecule has 1 heterocycles. The van der Waals surface area contributed by atoms with Crippen LogP contribution in [0, 0.1) is 0 Å². The van der Waals surface area contributed by atoms with Crippen molar-refractivity contribution in [2.75, 3.05) is 19.5 Å². The molecule has 1 amide bonds. The van der Waals surface area contributed by atoms with Crippen molar-refractivity contribution >= 4 is 46.1 Å². The molecule has 0 radical (unpaired) electrons. The van der Waals surface area contributed by atoms with Crippen LogP contribution in [0.1, 0.15) is 6.92 Å². The number of oxazole rings is 1. The number of nitrogens with zero attached hydrogens (tertiary/aromatic N) is 1. The molecule has 0 aliphatic heterocycles. The molecule has 3 rings (SSSR count). The summed E-state index contributed by atoms with van der Waals surface area (Å²) in [4.78, 5) is 16.8. The minimum absolute atomic E-state index is 0.178. The summed E-state index contributed by atoms with van der Waals surface area (Å²) in [5.41, 5.74) is 1.90. The Morgan fingerprint density at radius 1 is 1.19 bits per heavy atom. The lowest BCUT2D eigenvalue weighted by Gasteiger charge is -2.12. The van der Waals surface area contributed by atoms with E-state index in [0.717, 1.165) is 0 Å². The Hall–Kier alpha value is -2.38. The number of carbonyl (C=O) groups is 1. The number of aromatic nitrogens is 1. The fourth-order valence-corrected chi connectivity index (χ4v) is 3.22. The van der Waals surface area contributed by atoms with E-state index in [4.69, 9.17) is 25.5 Å². The lowest BCUT2D eigenvalue weighted by molar-refractivity contribution is -0.115. The van der Waals surface area contributed by atoms with Crippen molar-refractivity contribution in [1.82, 2.24) is 4.98 Å². The van der Waals surface area contributed by atoms with Crippen LogP contribution in [0.2, 0.25) is 5.02 Å². The molecule has 0 aliphatic carbocycles. The van der Waals surface area contributed by atoms with Crippen LogP contribution in [-0.2, 0) is 4.79 Å². The molecule has 2 aromatic carbocycles. The largest absolute Gasteiger partial charge is 0.493 e. The molecule has 0 bridgehead atoms. The number of methoxy groups -OCH3 is 2. The fraction of sp³-hybridized carbons (Fsp3) is 0.222. The zero-order chi connectivity index (χ0) is 18.7. The second-order valence-electron chi connectivity index (χ2n) is 5.41. The molecule has 8 heteroatoms. The summed E-state index contributed by atoms with van der Waals surface area (Å²) in [5, 5.41) is 3.43. The zero-order valence-corrected chi connectivity index (χ0v) is 16.0. The Balaban J connectivity index is 1.69. The molecule has 6 nitrogen and oxygen atoms in total. The van der Waals surface area contributed by atoms with Crippen molar-refractivity contribution in [3.63, 3.8) is 0 Å². The van der Waals surface area contributed by atoms with Gasteiger partial charge in [-0.25, -0.2) is 4.98 Å². The van der Waals surface area contributed by atoms with Gasteiger partial charge in [0.2, 0.25) is 5.91 Å². The minimum atomic E-state index is -0.411. The highest BCUT2D eigenvalue weighted by atomic mass is 35.5. The molecule has 0 saturated heterocycles. The van der Waals surface area contributed by atoms with Crippen LogP contribution in [0.4, 0.5) is 5.69 Å². The molecule has 1 unspecified atom stereocenters. The first-order valence-electron chi connectivity index (χ1n) is 7.76. The van der Waals surface area contributed by atoms with E-state index in [1.54, 1.807) is 57.5 Å². The van der Waals surface area contributed by atoms with Gasteiger partial charge in [-0.05, 0) is 37.3 Å². The topological polar surface area (TPSA) is 73.6 Å². The van der Waals surface area contributed by atoms with E-state index in [-0.39, 0.29) is 5.91 Å². The Labute approximate surface area is 159 Å². The molecular formula is C18H17ClN2O4S. The number of hydrogen-bond donors (Lipinski definition) is 1. The smallest absolute Gasteiger partial charge is 0.257 e. The second kappa shape index (κ2) is 7.88. The minimum Gasteiger partial charge on any atom is -0.493 e. The van der Waals surface area contributed by atoms with Gasteiger partial charge < -0.3 is 19.2 Å². The maximum Gasteiger partial charge on any atom is 0.257 e. The Morgan fingerprint density at radius 2 is 1.96 bits per heavy atom. The monoisotopic (exact) mass is 392 g/mol. The third kappa shape index (κ3) is 4.05. The third-order valence-electron chi connectivity index (χ3n) is 3.63. The summed E-state index contributed by atoms with van der Waals surface area (Å²) < 4.78 is 16.1. The van der Waals surface area contributed by atoms with Crippen LogP contribution in [0.3, 0.4) is 0 Å². The third-order valence-corrected chi connectivity index (χ3v) is 4.81. The number of benzene rings is 2. The van der Waals surface area contributed by atoms with E-state index in [1.807, 2.05) is 0 Å². The molecule has 0 saturated carbocycles.